The Labute approximate surface area is 186 Å². The van der Waals surface area contributed by atoms with Crippen LogP contribution in [-0.4, -0.2) is 46.9 Å². The van der Waals surface area contributed by atoms with Crippen LogP contribution in [0.2, 0.25) is 0 Å². The summed E-state index contributed by atoms with van der Waals surface area (Å²) in [4.78, 5) is 48.4. The van der Waals surface area contributed by atoms with Crippen molar-refractivity contribution in [3.8, 4) is 0 Å². The van der Waals surface area contributed by atoms with Gasteiger partial charge in [0.15, 0.2) is 0 Å². The van der Waals surface area contributed by atoms with Gasteiger partial charge in [-0.3, -0.25) is 19.2 Å². The first kappa shape index (κ1) is 28.8. The van der Waals surface area contributed by atoms with E-state index in [0.29, 0.717) is 13.0 Å². The Morgan fingerprint density at radius 3 is 1.90 bits per heavy atom. The lowest BCUT2D eigenvalue weighted by molar-refractivity contribution is -0.135. The maximum absolute atomic E-state index is 12.7. The van der Waals surface area contributed by atoms with Crippen LogP contribution in [0.25, 0.3) is 0 Å². The first-order chi connectivity index (χ1) is 14.1. The van der Waals surface area contributed by atoms with Gasteiger partial charge in [0.25, 0.3) is 0 Å². The maximum Gasteiger partial charge on any atom is 0.245 e. The molecule has 4 amide bonds. The molecule has 0 aliphatic rings. The minimum atomic E-state index is -1.12. The summed E-state index contributed by atoms with van der Waals surface area (Å²) in [6.45, 7) is 13.2. The van der Waals surface area contributed by atoms with Crippen LogP contribution in [0.5, 0.6) is 0 Å². The van der Waals surface area contributed by atoms with Crippen LogP contribution in [0.4, 0.5) is 0 Å². The van der Waals surface area contributed by atoms with E-state index in [9.17, 15) is 24.3 Å². The van der Waals surface area contributed by atoms with E-state index in [1.165, 1.54) is 0 Å². The average molecular weight is 443 g/mol. The van der Waals surface area contributed by atoms with Crippen molar-refractivity contribution in [2.24, 2.45) is 41.1 Å². The summed E-state index contributed by atoms with van der Waals surface area (Å²) in [6.07, 6.45) is -0.805. The number of aliphatic hydroxyl groups is 1. The molecule has 0 aliphatic carbocycles. The zero-order valence-corrected chi connectivity index (χ0v) is 20.0. The third kappa shape index (κ3) is 10.6. The van der Waals surface area contributed by atoms with Crippen molar-refractivity contribution < 1.29 is 24.3 Å². The van der Waals surface area contributed by atoms with Gasteiger partial charge < -0.3 is 27.2 Å². The molecule has 0 spiro atoms. The van der Waals surface area contributed by atoms with E-state index in [-0.39, 0.29) is 30.6 Å². The molecule has 9 heteroatoms. The van der Waals surface area contributed by atoms with Crippen LogP contribution < -0.4 is 22.1 Å². The van der Waals surface area contributed by atoms with Gasteiger partial charge in [-0.2, -0.15) is 0 Å². The molecular formula is C22H42N4O5. The Balaban J connectivity index is 5.26. The highest BCUT2D eigenvalue weighted by molar-refractivity contribution is 5.91. The summed E-state index contributed by atoms with van der Waals surface area (Å²) in [7, 11) is 0. The number of carbonyl (C=O) groups excluding carboxylic acids is 4. The van der Waals surface area contributed by atoms with Crippen LogP contribution >= 0.6 is 0 Å². The van der Waals surface area contributed by atoms with Crippen molar-refractivity contribution in [2.75, 3.05) is 6.54 Å². The molecule has 0 radical (unpaired) electrons. The van der Waals surface area contributed by atoms with Gasteiger partial charge in [0.05, 0.1) is 12.0 Å². The number of carbonyl (C=O) groups is 4. The molecule has 0 aliphatic heterocycles. The molecule has 180 valence electrons. The van der Waals surface area contributed by atoms with E-state index < -0.39 is 47.1 Å². The highest BCUT2D eigenvalue weighted by Gasteiger charge is 2.36. The number of nitrogens with one attached hydrogen (secondary N) is 2. The quantitative estimate of drug-likeness (QED) is 0.266. The van der Waals surface area contributed by atoms with E-state index in [4.69, 9.17) is 11.5 Å². The number of aliphatic hydroxyl groups excluding tert-OH is 1. The second-order valence-corrected chi connectivity index (χ2v) is 9.89. The Kier molecular flexibility index (Phi) is 11.8. The van der Waals surface area contributed by atoms with Crippen LogP contribution in [-0.2, 0) is 19.2 Å². The Morgan fingerprint density at radius 2 is 1.48 bits per heavy atom. The summed E-state index contributed by atoms with van der Waals surface area (Å²) in [6, 6.07) is 0. The number of amides is 4. The van der Waals surface area contributed by atoms with E-state index in [0.717, 1.165) is 0 Å². The van der Waals surface area contributed by atoms with Gasteiger partial charge in [-0.15, -0.1) is 0 Å². The number of nitrogens with two attached hydrogens (primary N) is 2. The van der Waals surface area contributed by atoms with Crippen LogP contribution in [0, 0.1) is 29.6 Å². The fourth-order valence-electron chi connectivity index (χ4n) is 3.46. The maximum atomic E-state index is 12.7. The molecule has 0 aromatic heterocycles. The zero-order valence-electron chi connectivity index (χ0n) is 20.0. The van der Waals surface area contributed by atoms with Crippen molar-refractivity contribution in [1.82, 2.24) is 10.6 Å². The lowest BCUT2D eigenvalue weighted by Gasteiger charge is -2.32. The normalized spacial score (nSPS) is 15.8. The van der Waals surface area contributed by atoms with E-state index >= 15 is 0 Å². The monoisotopic (exact) mass is 442 g/mol. The molecule has 0 saturated heterocycles. The Hall–Kier alpha value is -2.16. The lowest BCUT2D eigenvalue weighted by Crippen LogP contribution is -2.56. The third-order valence-corrected chi connectivity index (χ3v) is 5.26. The molecule has 0 fully saturated rings. The third-order valence-electron chi connectivity index (χ3n) is 5.26. The number of hydrogen-bond donors (Lipinski definition) is 5. The molecule has 0 bridgehead atoms. The molecule has 0 saturated carbocycles. The van der Waals surface area contributed by atoms with Crippen molar-refractivity contribution in [3.63, 3.8) is 0 Å². The Morgan fingerprint density at radius 1 is 0.935 bits per heavy atom. The molecule has 1 unspecified atom stereocenters. The van der Waals surface area contributed by atoms with E-state index in [2.05, 4.69) is 10.6 Å². The summed E-state index contributed by atoms with van der Waals surface area (Å²) in [5.41, 5.74) is 9.61. The fourth-order valence-corrected chi connectivity index (χ4v) is 3.46. The predicted molar refractivity (Wildman–Crippen MR) is 119 cm³/mol. The molecule has 0 aromatic rings. The highest BCUT2D eigenvalue weighted by Crippen LogP contribution is 2.30. The van der Waals surface area contributed by atoms with Gasteiger partial charge in [0.1, 0.15) is 5.54 Å². The van der Waals surface area contributed by atoms with E-state index in [1.807, 2.05) is 27.7 Å². The first-order valence-electron chi connectivity index (χ1n) is 10.9. The van der Waals surface area contributed by atoms with Gasteiger partial charge in [0.2, 0.25) is 23.6 Å². The Bertz CT molecular complexity index is 633. The largest absolute Gasteiger partial charge is 0.393 e. The number of hydrogen-bond acceptors (Lipinski definition) is 5. The minimum Gasteiger partial charge on any atom is -0.393 e. The van der Waals surface area contributed by atoms with Crippen molar-refractivity contribution >= 4 is 23.6 Å². The standard InChI is InChI=1S/C22H42N4O5/c1-12(2)8-15(16(19(24)29)10-18(23)28)17(27)9-14(5)20(30)26-22(6,7)21(31)25-11-13(3)4/h12-17,27H,8-11H2,1-7H3,(H2,23,28)(H2,24,29)(H,25,31)(H,26,30)/t14-,15+,16?,17+/m1/s1. The van der Waals surface area contributed by atoms with Crippen molar-refractivity contribution in [3.05, 3.63) is 0 Å². The first-order valence-corrected chi connectivity index (χ1v) is 10.9. The second-order valence-electron chi connectivity index (χ2n) is 9.89. The predicted octanol–water partition coefficient (Wildman–Crippen LogP) is 0.680. The van der Waals surface area contributed by atoms with E-state index in [1.54, 1.807) is 20.8 Å². The molecule has 0 rings (SSSR count). The summed E-state index contributed by atoms with van der Waals surface area (Å²) in [5.74, 6) is -3.82. The molecule has 4 atom stereocenters. The number of rotatable bonds is 14. The van der Waals surface area contributed by atoms with Gasteiger partial charge in [-0.05, 0) is 44.4 Å². The van der Waals surface area contributed by atoms with Gasteiger partial charge in [-0.25, -0.2) is 0 Å². The lowest BCUT2D eigenvalue weighted by atomic mass is 9.77. The van der Waals surface area contributed by atoms with Gasteiger partial charge >= 0.3 is 0 Å². The minimum absolute atomic E-state index is 0.0510. The fraction of sp³-hybridized carbons (Fsp3) is 0.818. The smallest absolute Gasteiger partial charge is 0.245 e. The van der Waals surface area contributed by atoms with Crippen LogP contribution in [0.1, 0.15) is 67.7 Å². The number of primary amides is 2. The SMILES string of the molecule is CC(C)CNC(=O)C(C)(C)NC(=O)[C@H](C)C[C@H](O)[C@@H](CC(C)C)C(CC(N)=O)C(N)=O. The molecule has 9 nitrogen and oxygen atoms in total. The molecule has 0 aromatic carbocycles. The van der Waals surface area contributed by atoms with Crippen LogP contribution in [0.15, 0.2) is 0 Å². The summed E-state index contributed by atoms with van der Waals surface area (Å²) >= 11 is 0. The molecule has 31 heavy (non-hydrogen) atoms. The zero-order chi connectivity index (χ0) is 24.5. The average Bonchev–Trinajstić information content (AvgIpc) is 2.61. The van der Waals surface area contributed by atoms with Crippen LogP contribution in [0.3, 0.4) is 0 Å². The van der Waals surface area contributed by atoms with Gasteiger partial charge in [-0.1, -0.05) is 34.6 Å². The molecule has 7 N–H and O–H groups in total. The topological polar surface area (TPSA) is 165 Å². The van der Waals surface area contributed by atoms with Gasteiger partial charge in [0, 0.05) is 18.9 Å². The van der Waals surface area contributed by atoms with Crippen molar-refractivity contribution in [1.29, 1.82) is 0 Å². The second kappa shape index (κ2) is 12.6. The highest BCUT2D eigenvalue weighted by atomic mass is 16.3. The summed E-state index contributed by atoms with van der Waals surface area (Å²) in [5, 5.41) is 16.4. The van der Waals surface area contributed by atoms with Crippen molar-refractivity contribution in [2.45, 2.75) is 79.4 Å². The molecular weight excluding hydrogens is 400 g/mol. The summed E-state index contributed by atoms with van der Waals surface area (Å²) < 4.78 is 0. The molecule has 0 heterocycles.